The summed E-state index contributed by atoms with van der Waals surface area (Å²) in [6, 6.07) is 0. The van der Waals surface area contributed by atoms with Gasteiger partial charge in [0.15, 0.2) is 6.17 Å². The Morgan fingerprint density at radius 2 is 2.00 bits per heavy atom. The maximum Gasteiger partial charge on any atom is 0.229 e. The van der Waals surface area contributed by atoms with Crippen molar-refractivity contribution in [2.75, 3.05) is 0 Å². The first-order chi connectivity index (χ1) is 5.11. The standard InChI is InChI=1S/C7H11FN2O/c1-4(2)7-9-6(5(3)8)10-11-7/h4-5H,1-3H3. The summed E-state index contributed by atoms with van der Waals surface area (Å²) < 4.78 is 17.3. The number of alkyl halides is 1. The molecule has 0 aromatic carbocycles. The van der Waals surface area contributed by atoms with Crippen LogP contribution in [0.5, 0.6) is 0 Å². The first kappa shape index (κ1) is 8.17. The van der Waals surface area contributed by atoms with E-state index in [9.17, 15) is 4.39 Å². The van der Waals surface area contributed by atoms with Crippen molar-refractivity contribution >= 4 is 0 Å². The lowest BCUT2D eigenvalue weighted by molar-refractivity contribution is 0.322. The summed E-state index contributed by atoms with van der Waals surface area (Å²) in [7, 11) is 0. The van der Waals surface area contributed by atoms with Gasteiger partial charge in [-0.15, -0.1) is 0 Å². The highest BCUT2D eigenvalue weighted by Gasteiger charge is 2.13. The molecule has 0 spiro atoms. The van der Waals surface area contributed by atoms with Crippen LogP contribution in [0.3, 0.4) is 0 Å². The van der Waals surface area contributed by atoms with Crippen LogP contribution in [0.2, 0.25) is 0 Å². The third-order valence-electron chi connectivity index (χ3n) is 1.31. The van der Waals surface area contributed by atoms with Gasteiger partial charge in [-0.1, -0.05) is 19.0 Å². The summed E-state index contributed by atoms with van der Waals surface area (Å²) in [5.74, 6) is 0.785. The predicted molar refractivity (Wildman–Crippen MR) is 37.9 cm³/mol. The number of hydrogen-bond donors (Lipinski definition) is 0. The Hall–Kier alpha value is -0.930. The Labute approximate surface area is 64.6 Å². The van der Waals surface area contributed by atoms with Crippen molar-refractivity contribution in [3.05, 3.63) is 11.7 Å². The predicted octanol–water partition coefficient (Wildman–Crippen LogP) is 2.22. The van der Waals surface area contributed by atoms with E-state index >= 15 is 0 Å². The number of hydrogen-bond acceptors (Lipinski definition) is 3. The van der Waals surface area contributed by atoms with Gasteiger partial charge in [-0.2, -0.15) is 4.98 Å². The van der Waals surface area contributed by atoms with E-state index in [0.717, 1.165) is 0 Å². The lowest BCUT2D eigenvalue weighted by Crippen LogP contribution is -1.90. The average molecular weight is 158 g/mol. The average Bonchev–Trinajstić information content (AvgIpc) is 2.33. The van der Waals surface area contributed by atoms with Crippen LogP contribution in [-0.2, 0) is 0 Å². The van der Waals surface area contributed by atoms with Crippen molar-refractivity contribution in [2.24, 2.45) is 0 Å². The van der Waals surface area contributed by atoms with E-state index < -0.39 is 6.17 Å². The highest BCUT2D eigenvalue weighted by Crippen LogP contribution is 2.16. The van der Waals surface area contributed by atoms with Gasteiger partial charge < -0.3 is 4.52 Å². The zero-order valence-corrected chi connectivity index (χ0v) is 6.84. The van der Waals surface area contributed by atoms with E-state index in [4.69, 9.17) is 4.52 Å². The topological polar surface area (TPSA) is 38.9 Å². The molecular formula is C7H11FN2O. The van der Waals surface area contributed by atoms with Gasteiger partial charge in [0.25, 0.3) is 0 Å². The molecule has 0 fully saturated rings. The first-order valence-electron chi connectivity index (χ1n) is 3.59. The van der Waals surface area contributed by atoms with Gasteiger partial charge in [-0.05, 0) is 6.92 Å². The third kappa shape index (κ3) is 1.76. The number of nitrogens with zero attached hydrogens (tertiary/aromatic N) is 2. The zero-order valence-electron chi connectivity index (χ0n) is 6.84. The molecule has 0 bridgehead atoms. The minimum absolute atomic E-state index is 0.133. The molecule has 1 heterocycles. The van der Waals surface area contributed by atoms with Gasteiger partial charge in [0, 0.05) is 5.92 Å². The molecule has 0 saturated heterocycles. The van der Waals surface area contributed by atoms with Crippen molar-refractivity contribution < 1.29 is 8.91 Å². The van der Waals surface area contributed by atoms with Crippen molar-refractivity contribution in [3.63, 3.8) is 0 Å². The van der Waals surface area contributed by atoms with Gasteiger partial charge in [0.05, 0.1) is 0 Å². The molecule has 0 radical (unpaired) electrons. The number of rotatable bonds is 2. The molecule has 1 aromatic heterocycles. The Morgan fingerprint density at radius 3 is 2.27 bits per heavy atom. The van der Waals surface area contributed by atoms with Crippen molar-refractivity contribution in [1.29, 1.82) is 0 Å². The smallest absolute Gasteiger partial charge is 0.229 e. The molecule has 1 atom stereocenters. The first-order valence-corrected chi connectivity index (χ1v) is 3.59. The maximum atomic E-state index is 12.5. The normalized spacial score (nSPS) is 13.9. The van der Waals surface area contributed by atoms with Crippen molar-refractivity contribution in [3.8, 4) is 0 Å². The van der Waals surface area contributed by atoms with Crippen LogP contribution < -0.4 is 0 Å². The molecule has 1 aromatic rings. The summed E-state index contributed by atoms with van der Waals surface area (Å²) in [4.78, 5) is 3.86. The molecule has 0 aliphatic heterocycles. The number of halogens is 1. The fraction of sp³-hybridized carbons (Fsp3) is 0.714. The largest absolute Gasteiger partial charge is 0.339 e. The minimum atomic E-state index is -1.15. The summed E-state index contributed by atoms with van der Waals surface area (Å²) in [6.07, 6.45) is -1.15. The van der Waals surface area contributed by atoms with E-state index in [0.29, 0.717) is 5.89 Å². The molecule has 0 aliphatic rings. The summed E-state index contributed by atoms with van der Waals surface area (Å²) >= 11 is 0. The van der Waals surface area contributed by atoms with E-state index in [-0.39, 0.29) is 11.7 Å². The Bertz CT molecular complexity index is 210. The van der Waals surface area contributed by atoms with Gasteiger partial charge in [0.1, 0.15) is 0 Å². The minimum Gasteiger partial charge on any atom is -0.339 e. The van der Waals surface area contributed by atoms with Crippen LogP contribution in [0.1, 0.15) is 44.6 Å². The van der Waals surface area contributed by atoms with Gasteiger partial charge in [-0.3, -0.25) is 0 Å². The van der Waals surface area contributed by atoms with Crippen LogP contribution in [0, 0.1) is 0 Å². The van der Waals surface area contributed by atoms with Crippen LogP contribution >= 0.6 is 0 Å². The van der Waals surface area contributed by atoms with E-state index in [1.807, 2.05) is 13.8 Å². The van der Waals surface area contributed by atoms with Gasteiger partial charge in [0.2, 0.25) is 11.7 Å². The highest BCUT2D eigenvalue weighted by atomic mass is 19.1. The molecule has 0 aliphatic carbocycles. The van der Waals surface area contributed by atoms with E-state index in [1.165, 1.54) is 6.92 Å². The molecule has 1 rings (SSSR count). The summed E-state index contributed by atoms with van der Waals surface area (Å²) in [6.45, 7) is 5.22. The Morgan fingerprint density at radius 1 is 1.36 bits per heavy atom. The van der Waals surface area contributed by atoms with E-state index in [1.54, 1.807) is 0 Å². The fourth-order valence-corrected chi connectivity index (χ4v) is 0.643. The molecule has 4 heteroatoms. The number of aromatic nitrogens is 2. The molecule has 0 amide bonds. The van der Waals surface area contributed by atoms with Crippen LogP contribution in [-0.4, -0.2) is 10.1 Å². The lowest BCUT2D eigenvalue weighted by Gasteiger charge is -1.92. The van der Waals surface area contributed by atoms with Gasteiger partial charge in [-0.25, -0.2) is 4.39 Å². The van der Waals surface area contributed by atoms with Crippen LogP contribution in [0.15, 0.2) is 4.52 Å². The van der Waals surface area contributed by atoms with Crippen LogP contribution in [0.4, 0.5) is 4.39 Å². The molecule has 3 nitrogen and oxygen atoms in total. The highest BCUT2D eigenvalue weighted by molar-refractivity contribution is 4.92. The Balaban J connectivity index is 2.82. The molecule has 0 saturated carbocycles. The second kappa shape index (κ2) is 2.98. The third-order valence-corrected chi connectivity index (χ3v) is 1.31. The maximum absolute atomic E-state index is 12.5. The van der Waals surface area contributed by atoms with Crippen molar-refractivity contribution in [2.45, 2.75) is 32.9 Å². The molecule has 62 valence electrons. The van der Waals surface area contributed by atoms with Crippen molar-refractivity contribution in [1.82, 2.24) is 10.1 Å². The van der Waals surface area contributed by atoms with E-state index in [2.05, 4.69) is 10.1 Å². The van der Waals surface area contributed by atoms with Gasteiger partial charge >= 0.3 is 0 Å². The molecule has 11 heavy (non-hydrogen) atoms. The second-order valence-electron chi connectivity index (χ2n) is 2.76. The Kier molecular flexibility index (Phi) is 2.22. The zero-order chi connectivity index (χ0) is 8.43. The lowest BCUT2D eigenvalue weighted by atomic mass is 10.2. The SMILES string of the molecule is CC(C)c1nc(C(C)F)no1. The summed E-state index contributed by atoms with van der Waals surface area (Å²) in [5, 5.41) is 3.48. The molecule has 0 N–H and O–H groups in total. The molecule has 1 unspecified atom stereocenters. The monoisotopic (exact) mass is 158 g/mol. The quantitative estimate of drug-likeness (QED) is 0.662. The molecular weight excluding hydrogens is 147 g/mol. The fourth-order valence-electron chi connectivity index (χ4n) is 0.643. The summed E-state index contributed by atoms with van der Waals surface area (Å²) in [5.41, 5.74) is 0. The van der Waals surface area contributed by atoms with Crippen LogP contribution in [0.25, 0.3) is 0 Å². The second-order valence-corrected chi connectivity index (χ2v) is 2.76.